The Labute approximate surface area is 133 Å². The van der Waals surface area contributed by atoms with Crippen LogP contribution in [0.25, 0.3) is 0 Å². The molecule has 0 spiro atoms. The molecule has 3 heteroatoms. The van der Waals surface area contributed by atoms with Crippen LogP contribution in [0.3, 0.4) is 0 Å². The van der Waals surface area contributed by atoms with E-state index in [1.165, 1.54) is 11.1 Å². The lowest BCUT2D eigenvalue weighted by molar-refractivity contribution is -0.698. The van der Waals surface area contributed by atoms with Crippen LogP contribution in [0.2, 0.25) is 0 Å². The van der Waals surface area contributed by atoms with E-state index in [0.717, 1.165) is 12.3 Å². The molecule has 2 aromatic rings. The molecule has 3 nitrogen and oxygen atoms in total. The van der Waals surface area contributed by atoms with Crippen LogP contribution in [0.5, 0.6) is 5.75 Å². The Morgan fingerprint density at radius 2 is 1.77 bits per heavy atom. The van der Waals surface area contributed by atoms with E-state index in [-0.39, 0.29) is 0 Å². The normalized spacial score (nSPS) is 10.9. The van der Waals surface area contributed by atoms with Crippen molar-refractivity contribution in [2.75, 3.05) is 19.8 Å². The fourth-order valence-corrected chi connectivity index (χ4v) is 2.20. The highest BCUT2D eigenvalue weighted by molar-refractivity contribution is 5.37. The zero-order chi connectivity index (χ0) is 15.8. The zero-order valence-corrected chi connectivity index (χ0v) is 13.8. The van der Waals surface area contributed by atoms with E-state index >= 15 is 0 Å². The van der Waals surface area contributed by atoms with Gasteiger partial charge in [0.1, 0.15) is 19.0 Å². The Morgan fingerprint density at radius 1 is 1.00 bits per heavy atom. The molecule has 0 aliphatic carbocycles. The van der Waals surface area contributed by atoms with Crippen LogP contribution in [0.1, 0.15) is 30.9 Å². The fourth-order valence-electron chi connectivity index (χ4n) is 2.20. The second-order valence-corrected chi connectivity index (χ2v) is 5.75. The number of benzene rings is 1. The Bertz CT molecular complexity index is 567. The van der Waals surface area contributed by atoms with Gasteiger partial charge in [-0.1, -0.05) is 32.0 Å². The van der Waals surface area contributed by atoms with E-state index in [2.05, 4.69) is 43.5 Å². The van der Waals surface area contributed by atoms with Crippen molar-refractivity contribution < 1.29 is 14.0 Å². The highest BCUT2D eigenvalue weighted by atomic mass is 16.5. The van der Waals surface area contributed by atoms with Crippen molar-refractivity contribution in [1.29, 1.82) is 0 Å². The lowest BCUT2D eigenvalue weighted by Gasteiger charge is -2.12. The SMILES string of the molecule is Cc1ccc(C(C)C)cc1OCCOCC[n+]1ccccc1. The molecular formula is C19H26NO2+. The number of aryl methyl sites for hydroxylation is 1. The van der Waals surface area contributed by atoms with Crippen LogP contribution in [0, 0.1) is 6.92 Å². The third kappa shape index (κ3) is 5.15. The van der Waals surface area contributed by atoms with Gasteiger partial charge in [0.2, 0.25) is 0 Å². The van der Waals surface area contributed by atoms with Crippen molar-refractivity contribution in [3.8, 4) is 5.75 Å². The summed E-state index contributed by atoms with van der Waals surface area (Å²) in [7, 11) is 0. The zero-order valence-electron chi connectivity index (χ0n) is 13.8. The molecular weight excluding hydrogens is 274 g/mol. The van der Waals surface area contributed by atoms with Crippen molar-refractivity contribution in [2.45, 2.75) is 33.2 Å². The van der Waals surface area contributed by atoms with Gasteiger partial charge < -0.3 is 9.47 Å². The standard InChI is InChI=1S/C19H26NO2/c1-16(2)18-8-7-17(3)19(15-18)22-14-13-21-12-11-20-9-5-4-6-10-20/h4-10,15-16H,11-14H2,1-3H3/q+1. The molecule has 0 saturated carbocycles. The first-order valence-electron chi connectivity index (χ1n) is 7.92. The minimum absolute atomic E-state index is 0.516. The van der Waals surface area contributed by atoms with Crippen LogP contribution < -0.4 is 9.30 Å². The maximum Gasteiger partial charge on any atom is 0.171 e. The van der Waals surface area contributed by atoms with Gasteiger partial charge in [0.25, 0.3) is 0 Å². The summed E-state index contributed by atoms with van der Waals surface area (Å²) in [5.41, 5.74) is 2.48. The van der Waals surface area contributed by atoms with Gasteiger partial charge in [-0.2, -0.15) is 0 Å². The number of rotatable bonds is 8. The lowest BCUT2D eigenvalue weighted by atomic mass is 10.0. The van der Waals surface area contributed by atoms with Crippen LogP contribution in [-0.2, 0) is 11.3 Å². The molecule has 0 atom stereocenters. The van der Waals surface area contributed by atoms with Gasteiger partial charge in [0.15, 0.2) is 18.9 Å². The van der Waals surface area contributed by atoms with Gasteiger partial charge in [0.05, 0.1) is 6.61 Å². The summed E-state index contributed by atoms with van der Waals surface area (Å²) in [6, 6.07) is 12.5. The molecule has 118 valence electrons. The highest BCUT2D eigenvalue weighted by Crippen LogP contribution is 2.24. The maximum absolute atomic E-state index is 5.85. The van der Waals surface area contributed by atoms with Crippen molar-refractivity contribution >= 4 is 0 Å². The summed E-state index contributed by atoms with van der Waals surface area (Å²) in [5, 5.41) is 0. The first kappa shape index (κ1) is 16.5. The van der Waals surface area contributed by atoms with E-state index in [1.54, 1.807) is 0 Å². The first-order chi connectivity index (χ1) is 10.7. The second-order valence-electron chi connectivity index (χ2n) is 5.75. The molecule has 1 aromatic heterocycles. The van der Waals surface area contributed by atoms with Gasteiger partial charge in [-0.25, -0.2) is 4.57 Å². The monoisotopic (exact) mass is 300 g/mol. The number of hydrogen-bond donors (Lipinski definition) is 0. The van der Waals surface area contributed by atoms with Gasteiger partial charge in [-0.05, 0) is 30.0 Å². The molecule has 0 saturated heterocycles. The smallest absolute Gasteiger partial charge is 0.171 e. The minimum atomic E-state index is 0.516. The Kier molecular flexibility index (Phi) is 6.41. The molecule has 0 aliphatic heterocycles. The molecule has 22 heavy (non-hydrogen) atoms. The van der Waals surface area contributed by atoms with E-state index in [9.17, 15) is 0 Å². The molecule has 1 heterocycles. The van der Waals surface area contributed by atoms with E-state index in [1.807, 2.05) is 30.6 Å². The van der Waals surface area contributed by atoms with Gasteiger partial charge in [-0.3, -0.25) is 0 Å². The molecule has 0 fully saturated rings. The molecule has 0 N–H and O–H groups in total. The summed E-state index contributed by atoms with van der Waals surface area (Å²) < 4.78 is 13.6. The van der Waals surface area contributed by atoms with Crippen molar-refractivity contribution in [2.24, 2.45) is 0 Å². The Balaban J connectivity index is 1.69. The number of hydrogen-bond acceptors (Lipinski definition) is 2. The fraction of sp³-hybridized carbons (Fsp3) is 0.421. The summed E-state index contributed by atoms with van der Waals surface area (Å²) in [6.07, 6.45) is 4.08. The third-order valence-corrected chi connectivity index (χ3v) is 3.64. The molecule has 0 amide bonds. The van der Waals surface area contributed by atoms with E-state index in [0.29, 0.717) is 25.7 Å². The molecule has 0 aliphatic rings. The molecule has 2 rings (SSSR count). The van der Waals surface area contributed by atoms with E-state index < -0.39 is 0 Å². The molecule has 0 unspecified atom stereocenters. The van der Waals surface area contributed by atoms with Crippen molar-refractivity contribution in [3.63, 3.8) is 0 Å². The maximum atomic E-state index is 5.85. The number of ether oxygens (including phenoxy) is 2. The number of nitrogens with zero attached hydrogens (tertiary/aromatic N) is 1. The third-order valence-electron chi connectivity index (χ3n) is 3.64. The average molecular weight is 300 g/mol. The quantitative estimate of drug-likeness (QED) is 0.550. The average Bonchev–Trinajstić information content (AvgIpc) is 2.53. The summed E-state index contributed by atoms with van der Waals surface area (Å²) in [6.45, 7) is 9.22. The summed E-state index contributed by atoms with van der Waals surface area (Å²) in [4.78, 5) is 0. The predicted molar refractivity (Wildman–Crippen MR) is 88.2 cm³/mol. The molecule has 1 aromatic carbocycles. The predicted octanol–water partition coefficient (Wildman–Crippen LogP) is 3.50. The van der Waals surface area contributed by atoms with Crippen LogP contribution in [-0.4, -0.2) is 19.8 Å². The highest BCUT2D eigenvalue weighted by Gasteiger charge is 2.05. The summed E-state index contributed by atoms with van der Waals surface area (Å²) in [5.74, 6) is 1.48. The van der Waals surface area contributed by atoms with Crippen LogP contribution in [0.15, 0.2) is 48.8 Å². The van der Waals surface area contributed by atoms with Crippen molar-refractivity contribution in [3.05, 3.63) is 59.9 Å². The molecule has 0 bridgehead atoms. The van der Waals surface area contributed by atoms with Gasteiger partial charge in [0, 0.05) is 12.1 Å². The molecule has 0 radical (unpaired) electrons. The largest absolute Gasteiger partial charge is 0.491 e. The summed E-state index contributed by atoms with van der Waals surface area (Å²) >= 11 is 0. The van der Waals surface area contributed by atoms with E-state index in [4.69, 9.17) is 9.47 Å². The topological polar surface area (TPSA) is 22.3 Å². The lowest BCUT2D eigenvalue weighted by Crippen LogP contribution is -2.35. The minimum Gasteiger partial charge on any atom is -0.491 e. The Hall–Kier alpha value is -1.87. The Morgan fingerprint density at radius 3 is 2.50 bits per heavy atom. The van der Waals surface area contributed by atoms with Gasteiger partial charge in [-0.15, -0.1) is 0 Å². The second kappa shape index (κ2) is 8.54. The van der Waals surface area contributed by atoms with Crippen LogP contribution >= 0.6 is 0 Å². The number of pyridine rings is 1. The van der Waals surface area contributed by atoms with Crippen LogP contribution in [0.4, 0.5) is 0 Å². The van der Waals surface area contributed by atoms with Crippen molar-refractivity contribution in [1.82, 2.24) is 0 Å². The first-order valence-corrected chi connectivity index (χ1v) is 7.92. The van der Waals surface area contributed by atoms with Gasteiger partial charge >= 0.3 is 0 Å². The number of aromatic nitrogens is 1.